The Bertz CT molecular complexity index is 1010. The van der Waals surface area contributed by atoms with Gasteiger partial charge in [0.25, 0.3) is 11.8 Å². The molecule has 0 saturated carbocycles. The van der Waals surface area contributed by atoms with Gasteiger partial charge in [0.15, 0.2) is 11.0 Å². The Morgan fingerprint density at radius 2 is 1.93 bits per heavy atom. The number of hydrogen-bond acceptors (Lipinski definition) is 5. The van der Waals surface area contributed by atoms with Crippen LogP contribution in [0.3, 0.4) is 0 Å². The number of carbonyl (C=O) groups is 2. The Hall–Kier alpha value is -2.64. The number of carbonyl (C=O) groups excluding carboxylic acids is 2. The second-order valence-corrected chi connectivity index (χ2v) is 7.56. The number of nitrogens with one attached hydrogen (secondary N) is 1. The van der Waals surface area contributed by atoms with Gasteiger partial charge in [-0.2, -0.15) is 0 Å². The summed E-state index contributed by atoms with van der Waals surface area (Å²) in [6, 6.07) is 8.78. The number of furan rings is 1. The first-order chi connectivity index (χ1) is 13.4. The van der Waals surface area contributed by atoms with Gasteiger partial charge in [-0.05, 0) is 61.8 Å². The molecule has 2 fully saturated rings. The minimum Gasteiger partial charge on any atom is -0.441 e. The molecule has 2 saturated heterocycles. The molecule has 0 atom stereocenters. The average Bonchev–Trinajstić information content (AvgIpc) is 3.33. The highest BCUT2D eigenvalue weighted by Gasteiger charge is 2.35. The van der Waals surface area contributed by atoms with E-state index >= 15 is 0 Å². The zero-order valence-electron chi connectivity index (χ0n) is 15.2. The smallest absolute Gasteiger partial charge is 0.270 e. The molecule has 0 aliphatic carbocycles. The molecular formula is C20H18ClN3O3S. The number of benzene rings is 1. The summed E-state index contributed by atoms with van der Waals surface area (Å²) in [4.78, 5) is 28.8. The van der Waals surface area contributed by atoms with Crippen LogP contribution in [0.4, 0.5) is 11.6 Å². The Morgan fingerprint density at radius 3 is 2.64 bits per heavy atom. The fraction of sp³-hybridized carbons (Fsp3) is 0.250. The van der Waals surface area contributed by atoms with Crippen LogP contribution in [0, 0.1) is 6.92 Å². The SMILES string of the molecule is Cc1ccc(N2C(=O)/C(=C/c3ccc(N4CCCC4)o3)C(=O)NC2=S)cc1Cl. The first-order valence-electron chi connectivity index (χ1n) is 8.96. The number of nitrogens with zero attached hydrogens (tertiary/aromatic N) is 2. The fourth-order valence-electron chi connectivity index (χ4n) is 3.28. The van der Waals surface area contributed by atoms with Crippen LogP contribution < -0.4 is 15.1 Å². The lowest BCUT2D eigenvalue weighted by molar-refractivity contribution is -0.122. The summed E-state index contributed by atoms with van der Waals surface area (Å²) in [5.74, 6) is 0.109. The van der Waals surface area contributed by atoms with Gasteiger partial charge in [-0.25, -0.2) is 0 Å². The highest BCUT2D eigenvalue weighted by Crippen LogP contribution is 2.28. The number of aryl methyl sites for hydroxylation is 1. The molecule has 0 spiro atoms. The summed E-state index contributed by atoms with van der Waals surface area (Å²) < 4.78 is 5.81. The third kappa shape index (κ3) is 3.43. The topological polar surface area (TPSA) is 65.8 Å². The van der Waals surface area contributed by atoms with E-state index in [0.29, 0.717) is 16.5 Å². The van der Waals surface area contributed by atoms with Crippen molar-refractivity contribution < 1.29 is 14.0 Å². The summed E-state index contributed by atoms with van der Waals surface area (Å²) in [5, 5.41) is 3.09. The minimum absolute atomic E-state index is 0.0178. The average molecular weight is 416 g/mol. The number of thiocarbonyl (C=S) groups is 1. The summed E-state index contributed by atoms with van der Waals surface area (Å²) in [7, 11) is 0. The Labute approximate surface area is 172 Å². The Kier molecular flexibility index (Phi) is 4.95. The quantitative estimate of drug-likeness (QED) is 0.470. The molecule has 4 rings (SSSR count). The second kappa shape index (κ2) is 7.41. The zero-order chi connectivity index (χ0) is 19.8. The lowest BCUT2D eigenvalue weighted by Crippen LogP contribution is -2.54. The molecule has 2 aromatic rings. The number of rotatable bonds is 3. The van der Waals surface area contributed by atoms with E-state index in [1.807, 2.05) is 13.0 Å². The van der Waals surface area contributed by atoms with Crippen LogP contribution in [-0.2, 0) is 9.59 Å². The van der Waals surface area contributed by atoms with Crippen molar-refractivity contribution in [1.29, 1.82) is 0 Å². The van der Waals surface area contributed by atoms with Gasteiger partial charge >= 0.3 is 0 Å². The van der Waals surface area contributed by atoms with Gasteiger partial charge in [0.1, 0.15) is 11.3 Å². The van der Waals surface area contributed by atoms with Gasteiger partial charge in [-0.15, -0.1) is 0 Å². The third-order valence-corrected chi connectivity index (χ3v) is 5.52. The number of hydrogen-bond donors (Lipinski definition) is 1. The lowest BCUT2D eigenvalue weighted by Gasteiger charge is -2.29. The number of amides is 2. The molecule has 1 N–H and O–H groups in total. The summed E-state index contributed by atoms with van der Waals surface area (Å²) in [6.07, 6.45) is 3.70. The molecule has 0 unspecified atom stereocenters. The molecule has 8 heteroatoms. The lowest BCUT2D eigenvalue weighted by atomic mass is 10.1. The van der Waals surface area contributed by atoms with E-state index in [1.165, 1.54) is 11.0 Å². The molecule has 2 aliphatic heterocycles. The van der Waals surface area contributed by atoms with E-state index < -0.39 is 11.8 Å². The van der Waals surface area contributed by atoms with Gasteiger partial charge < -0.3 is 9.32 Å². The largest absolute Gasteiger partial charge is 0.441 e. The molecule has 1 aromatic carbocycles. The maximum atomic E-state index is 13.0. The molecule has 2 amide bonds. The van der Waals surface area contributed by atoms with Crippen molar-refractivity contribution in [2.75, 3.05) is 22.9 Å². The molecular weight excluding hydrogens is 398 g/mol. The highest BCUT2D eigenvalue weighted by atomic mass is 35.5. The van der Waals surface area contributed by atoms with Crippen molar-refractivity contribution in [2.45, 2.75) is 19.8 Å². The van der Waals surface area contributed by atoms with Crippen LogP contribution in [0.2, 0.25) is 5.02 Å². The van der Waals surface area contributed by atoms with Crippen LogP contribution >= 0.6 is 23.8 Å². The van der Waals surface area contributed by atoms with Crippen LogP contribution in [0.25, 0.3) is 6.08 Å². The van der Waals surface area contributed by atoms with Crippen molar-refractivity contribution in [2.24, 2.45) is 0 Å². The first-order valence-corrected chi connectivity index (χ1v) is 9.75. The van der Waals surface area contributed by atoms with E-state index in [4.69, 9.17) is 28.2 Å². The van der Waals surface area contributed by atoms with Gasteiger partial charge in [0, 0.05) is 24.2 Å². The predicted molar refractivity (Wildman–Crippen MR) is 113 cm³/mol. The van der Waals surface area contributed by atoms with E-state index in [0.717, 1.165) is 37.4 Å². The Balaban J connectivity index is 1.65. The van der Waals surface area contributed by atoms with Crippen molar-refractivity contribution in [3.8, 4) is 0 Å². The molecule has 1 aromatic heterocycles. The molecule has 6 nitrogen and oxygen atoms in total. The van der Waals surface area contributed by atoms with Gasteiger partial charge in [0.2, 0.25) is 0 Å². The fourth-order valence-corrected chi connectivity index (χ4v) is 3.74. The summed E-state index contributed by atoms with van der Waals surface area (Å²) in [5.41, 5.74) is 1.33. The second-order valence-electron chi connectivity index (χ2n) is 6.76. The molecule has 28 heavy (non-hydrogen) atoms. The van der Waals surface area contributed by atoms with Crippen LogP contribution in [-0.4, -0.2) is 30.0 Å². The first kappa shape index (κ1) is 18.7. The van der Waals surface area contributed by atoms with Crippen molar-refractivity contribution >= 4 is 58.4 Å². The number of halogens is 1. The van der Waals surface area contributed by atoms with E-state index in [-0.39, 0.29) is 10.7 Å². The van der Waals surface area contributed by atoms with Gasteiger partial charge in [-0.1, -0.05) is 17.7 Å². The molecule has 3 heterocycles. The minimum atomic E-state index is -0.552. The monoisotopic (exact) mass is 415 g/mol. The third-order valence-electron chi connectivity index (χ3n) is 4.83. The molecule has 0 radical (unpaired) electrons. The maximum Gasteiger partial charge on any atom is 0.270 e. The van der Waals surface area contributed by atoms with Gasteiger partial charge in [0.05, 0.1) is 5.69 Å². The highest BCUT2D eigenvalue weighted by molar-refractivity contribution is 7.80. The van der Waals surface area contributed by atoms with E-state index in [2.05, 4.69) is 10.2 Å². The molecule has 2 aliphatic rings. The number of anilines is 2. The maximum absolute atomic E-state index is 13.0. The molecule has 0 bridgehead atoms. The Morgan fingerprint density at radius 1 is 1.18 bits per heavy atom. The summed E-state index contributed by atoms with van der Waals surface area (Å²) >= 11 is 11.4. The van der Waals surface area contributed by atoms with Crippen LogP contribution in [0.1, 0.15) is 24.2 Å². The van der Waals surface area contributed by atoms with Crippen molar-refractivity contribution in [1.82, 2.24) is 5.32 Å². The van der Waals surface area contributed by atoms with Gasteiger partial charge in [-0.3, -0.25) is 19.8 Å². The van der Waals surface area contributed by atoms with E-state index in [9.17, 15) is 9.59 Å². The van der Waals surface area contributed by atoms with Crippen molar-refractivity contribution in [3.05, 3.63) is 52.3 Å². The van der Waals surface area contributed by atoms with Crippen LogP contribution in [0.15, 0.2) is 40.3 Å². The predicted octanol–water partition coefficient (Wildman–Crippen LogP) is 3.67. The van der Waals surface area contributed by atoms with Crippen LogP contribution in [0.5, 0.6) is 0 Å². The normalized spacial score (nSPS) is 18.9. The zero-order valence-corrected chi connectivity index (χ0v) is 16.8. The molecule has 144 valence electrons. The summed E-state index contributed by atoms with van der Waals surface area (Å²) in [6.45, 7) is 3.75. The standard InChI is InChI=1S/C20H18ClN3O3S/c1-12-4-5-13(10-16(12)21)24-19(26)15(18(25)22-20(24)28)11-14-6-7-17(27-14)23-8-2-3-9-23/h4-7,10-11H,2-3,8-9H2,1H3,(H,22,25,28)/b15-11+. The van der Waals surface area contributed by atoms with E-state index in [1.54, 1.807) is 24.3 Å². The van der Waals surface area contributed by atoms with Crippen molar-refractivity contribution in [3.63, 3.8) is 0 Å².